The Balaban J connectivity index is 2.36. The first kappa shape index (κ1) is 19.6. The van der Waals surface area contributed by atoms with Crippen molar-refractivity contribution in [3.63, 3.8) is 0 Å². The van der Waals surface area contributed by atoms with Crippen LogP contribution in [0.3, 0.4) is 0 Å². The molecule has 3 aromatic rings. The van der Waals surface area contributed by atoms with Crippen molar-refractivity contribution in [1.29, 1.82) is 0 Å². The van der Waals surface area contributed by atoms with Crippen LogP contribution in [0.25, 0.3) is 10.8 Å². The van der Waals surface area contributed by atoms with Gasteiger partial charge in [-0.3, -0.25) is 9.11 Å². The van der Waals surface area contributed by atoms with Gasteiger partial charge in [0.15, 0.2) is 11.6 Å². The van der Waals surface area contributed by atoms with Crippen molar-refractivity contribution in [1.82, 2.24) is 4.98 Å². The number of aromatic nitrogens is 1. The summed E-state index contributed by atoms with van der Waals surface area (Å²) < 4.78 is 64.6. The average Bonchev–Trinajstić information content (AvgIpc) is 2.59. The van der Waals surface area contributed by atoms with Crippen molar-refractivity contribution >= 4 is 42.5 Å². The van der Waals surface area contributed by atoms with E-state index in [0.717, 1.165) is 12.1 Å². The molecular formula is C15H11N3O8S2. The first-order valence-electron chi connectivity index (χ1n) is 7.29. The number of hydrogen-bond acceptors (Lipinski definition) is 9. The Kier molecular flexibility index (Phi) is 4.76. The van der Waals surface area contributed by atoms with E-state index in [4.69, 9.17) is 4.55 Å². The molecule has 0 aliphatic carbocycles. The quantitative estimate of drug-likeness (QED) is 0.360. The fourth-order valence-corrected chi connectivity index (χ4v) is 3.59. The van der Waals surface area contributed by atoms with Gasteiger partial charge in [0.1, 0.15) is 16.3 Å². The summed E-state index contributed by atoms with van der Waals surface area (Å²) in [6.45, 7) is 0. The van der Waals surface area contributed by atoms with Gasteiger partial charge in [-0.1, -0.05) is 6.07 Å². The molecule has 0 saturated heterocycles. The lowest BCUT2D eigenvalue weighted by molar-refractivity contribution is 0.457. The molecule has 3 rings (SSSR count). The summed E-state index contributed by atoms with van der Waals surface area (Å²) in [5.74, 6) is -1.60. The number of phenols is 2. The van der Waals surface area contributed by atoms with Crippen LogP contribution in [0.5, 0.6) is 11.5 Å². The Morgan fingerprint density at radius 2 is 1.61 bits per heavy atom. The van der Waals surface area contributed by atoms with Crippen LogP contribution >= 0.6 is 0 Å². The smallest absolute Gasteiger partial charge is 0.296 e. The number of phenolic OH excluding ortho intramolecular Hbond substituents is 2. The highest BCUT2D eigenvalue weighted by molar-refractivity contribution is 7.86. The second-order valence-electron chi connectivity index (χ2n) is 5.45. The highest BCUT2D eigenvalue weighted by atomic mass is 32.2. The highest BCUT2D eigenvalue weighted by Gasteiger charge is 2.25. The summed E-state index contributed by atoms with van der Waals surface area (Å²) in [6.07, 6.45) is 1.39. The third-order valence-corrected chi connectivity index (χ3v) is 5.28. The second-order valence-corrected chi connectivity index (χ2v) is 8.26. The number of rotatable bonds is 4. The van der Waals surface area contributed by atoms with E-state index in [-0.39, 0.29) is 16.6 Å². The normalized spacial score (nSPS) is 12.6. The number of hydrogen-bond donors (Lipinski definition) is 4. The van der Waals surface area contributed by atoms with E-state index in [1.54, 1.807) is 12.1 Å². The van der Waals surface area contributed by atoms with E-state index in [9.17, 15) is 31.6 Å². The molecule has 0 atom stereocenters. The summed E-state index contributed by atoms with van der Waals surface area (Å²) in [7, 11) is -9.68. The SMILES string of the molecule is O=S(=O)(O)c1cc(O)c2c(O)c(/N=N/c3ccccn3)c(S(=O)(=O)O)cc2c1. The molecule has 0 aliphatic rings. The molecule has 0 fully saturated rings. The number of azo groups is 1. The topological polar surface area (TPSA) is 187 Å². The van der Waals surface area contributed by atoms with Gasteiger partial charge in [0.25, 0.3) is 20.2 Å². The van der Waals surface area contributed by atoms with Gasteiger partial charge in [-0.15, -0.1) is 10.2 Å². The van der Waals surface area contributed by atoms with Crippen LogP contribution in [0.4, 0.5) is 11.5 Å². The fourth-order valence-electron chi connectivity index (χ4n) is 2.39. The van der Waals surface area contributed by atoms with Gasteiger partial charge in [0.05, 0.1) is 10.3 Å². The zero-order valence-corrected chi connectivity index (χ0v) is 15.3. The van der Waals surface area contributed by atoms with Crippen LogP contribution in [0, 0.1) is 0 Å². The van der Waals surface area contributed by atoms with Gasteiger partial charge in [-0.25, -0.2) is 4.98 Å². The summed E-state index contributed by atoms with van der Waals surface area (Å²) in [6, 6.07) is 6.84. The van der Waals surface area contributed by atoms with E-state index in [1.165, 1.54) is 12.3 Å². The molecule has 0 unspecified atom stereocenters. The molecule has 0 bridgehead atoms. The molecule has 13 heteroatoms. The Morgan fingerprint density at radius 3 is 2.18 bits per heavy atom. The number of aromatic hydroxyl groups is 2. The van der Waals surface area contributed by atoms with Gasteiger partial charge in [0, 0.05) is 12.3 Å². The molecule has 1 heterocycles. The Morgan fingerprint density at radius 1 is 0.893 bits per heavy atom. The van der Waals surface area contributed by atoms with Crippen LogP contribution in [0.2, 0.25) is 0 Å². The summed E-state index contributed by atoms with van der Waals surface area (Å²) >= 11 is 0. The van der Waals surface area contributed by atoms with Crippen LogP contribution in [0.1, 0.15) is 0 Å². The van der Waals surface area contributed by atoms with Gasteiger partial charge in [-0.2, -0.15) is 16.8 Å². The summed E-state index contributed by atoms with van der Waals surface area (Å²) in [4.78, 5) is 2.19. The molecule has 28 heavy (non-hydrogen) atoms. The molecule has 0 saturated carbocycles. The van der Waals surface area contributed by atoms with Crippen molar-refractivity contribution in [2.24, 2.45) is 10.2 Å². The number of pyridine rings is 1. The third kappa shape index (κ3) is 3.77. The number of benzene rings is 2. The molecule has 2 aromatic carbocycles. The van der Waals surface area contributed by atoms with Crippen LogP contribution < -0.4 is 0 Å². The van der Waals surface area contributed by atoms with E-state index in [1.807, 2.05) is 0 Å². The van der Waals surface area contributed by atoms with E-state index in [0.29, 0.717) is 6.07 Å². The highest BCUT2D eigenvalue weighted by Crippen LogP contribution is 2.45. The Bertz CT molecular complexity index is 1320. The molecule has 4 N–H and O–H groups in total. The first-order valence-corrected chi connectivity index (χ1v) is 10.2. The predicted octanol–water partition coefficient (Wildman–Crippen LogP) is 2.55. The molecule has 1 aromatic heterocycles. The summed E-state index contributed by atoms with van der Waals surface area (Å²) in [5.41, 5.74) is -0.699. The van der Waals surface area contributed by atoms with Crippen molar-refractivity contribution in [2.45, 2.75) is 9.79 Å². The first-order chi connectivity index (χ1) is 13.0. The molecule has 0 aliphatic heterocycles. The lowest BCUT2D eigenvalue weighted by Crippen LogP contribution is -2.01. The minimum atomic E-state index is -4.94. The van der Waals surface area contributed by atoms with Gasteiger partial charge in [0.2, 0.25) is 0 Å². The minimum Gasteiger partial charge on any atom is -0.507 e. The standard InChI is InChI=1S/C15H11N3O8S2/c19-10-7-9(27(21,22)23)5-8-6-11(28(24,25)26)14(15(20)13(8)10)18-17-12-3-1-2-4-16-12/h1-7,19-20H,(H,21,22,23)(H,24,25,26)/b18-17+. The van der Waals surface area contributed by atoms with E-state index in [2.05, 4.69) is 15.2 Å². The molecule has 11 nitrogen and oxygen atoms in total. The number of nitrogens with zero attached hydrogens (tertiary/aromatic N) is 3. The Hall–Kier alpha value is -3.13. The monoisotopic (exact) mass is 425 g/mol. The molecule has 0 radical (unpaired) electrons. The maximum Gasteiger partial charge on any atom is 0.296 e. The van der Waals surface area contributed by atoms with Gasteiger partial charge in [-0.05, 0) is 29.7 Å². The molecule has 0 spiro atoms. The second kappa shape index (κ2) is 6.79. The fraction of sp³-hybridized carbons (Fsp3) is 0. The van der Waals surface area contributed by atoms with Crippen molar-refractivity contribution in [2.75, 3.05) is 0 Å². The summed E-state index contributed by atoms with van der Waals surface area (Å²) in [5, 5.41) is 27.1. The predicted molar refractivity (Wildman–Crippen MR) is 95.3 cm³/mol. The van der Waals surface area contributed by atoms with Crippen LogP contribution in [-0.2, 0) is 20.2 Å². The lowest BCUT2D eigenvalue weighted by Gasteiger charge is -2.11. The van der Waals surface area contributed by atoms with Crippen molar-refractivity contribution < 1.29 is 36.2 Å². The zero-order valence-electron chi connectivity index (χ0n) is 13.6. The average molecular weight is 425 g/mol. The molecule has 0 amide bonds. The number of fused-ring (bicyclic) bond motifs is 1. The van der Waals surface area contributed by atoms with E-state index >= 15 is 0 Å². The zero-order chi connectivity index (χ0) is 20.7. The third-order valence-electron chi connectivity index (χ3n) is 3.58. The van der Waals surface area contributed by atoms with E-state index < -0.39 is 47.2 Å². The largest absolute Gasteiger partial charge is 0.507 e. The molecular weight excluding hydrogens is 414 g/mol. The van der Waals surface area contributed by atoms with Crippen LogP contribution in [-0.4, -0.2) is 41.1 Å². The van der Waals surface area contributed by atoms with Crippen molar-refractivity contribution in [3.05, 3.63) is 42.6 Å². The minimum absolute atomic E-state index is 0.0641. The maximum absolute atomic E-state index is 11.7. The van der Waals surface area contributed by atoms with Crippen molar-refractivity contribution in [3.8, 4) is 11.5 Å². The molecule has 146 valence electrons. The van der Waals surface area contributed by atoms with Gasteiger partial charge < -0.3 is 10.2 Å². The lowest BCUT2D eigenvalue weighted by atomic mass is 10.1. The Labute approximate surface area is 158 Å². The van der Waals surface area contributed by atoms with Gasteiger partial charge >= 0.3 is 0 Å². The van der Waals surface area contributed by atoms with Crippen LogP contribution in [0.15, 0.2) is 62.6 Å². The maximum atomic E-state index is 11.7.